The number of likely N-dealkylation sites (tertiary alicyclic amines) is 1. The number of hydrogen-bond acceptors (Lipinski definition) is 2. The fraction of sp³-hybridized carbons (Fsp3) is 0.800. The molecule has 4 nitrogen and oxygen atoms in total. The van der Waals surface area contributed by atoms with Crippen molar-refractivity contribution in [3.8, 4) is 0 Å². The van der Waals surface area contributed by atoms with Gasteiger partial charge in [0.2, 0.25) is 11.8 Å². The number of halogens is 1. The van der Waals surface area contributed by atoms with Crippen LogP contribution >= 0.6 is 11.6 Å². The zero-order chi connectivity index (χ0) is 11.3. The van der Waals surface area contributed by atoms with Crippen LogP contribution in [-0.2, 0) is 9.59 Å². The number of hydrogen-bond donors (Lipinski definition) is 1. The first-order valence-electron chi connectivity index (χ1n) is 5.27. The SMILES string of the molecule is CCCNC(=O)CN1CC(CCl)CC1=O. The van der Waals surface area contributed by atoms with E-state index in [4.69, 9.17) is 11.6 Å². The number of nitrogens with zero attached hydrogens (tertiary/aromatic N) is 1. The monoisotopic (exact) mass is 232 g/mol. The van der Waals surface area contributed by atoms with Crippen LogP contribution in [0.4, 0.5) is 0 Å². The Morgan fingerprint density at radius 2 is 2.40 bits per heavy atom. The lowest BCUT2D eigenvalue weighted by Crippen LogP contribution is -2.38. The minimum atomic E-state index is -0.0829. The Kier molecular flexibility index (Phi) is 4.88. The highest BCUT2D eigenvalue weighted by atomic mass is 35.5. The number of carbonyl (C=O) groups is 2. The summed E-state index contributed by atoms with van der Waals surface area (Å²) in [7, 11) is 0. The lowest BCUT2D eigenvalue weighted by atomic mass is 10.1. The van der Waals surface area contributed by atoms with Crippen molar-refractivity contribution in [2.75, 3.05) is 25.5 Å². The molecule has 1 saturated heterocycles. The topological polar surface area (TPSA) is 49.4 Å². The van der Waals surface area contributed by atoms with Gasteiger partial charge in [0, 0.05) is 25.4 Å². The molecule has 0 saturated carbocycles. The summed E-state index contributed by atoms with van der Waals surface area (Å²) in [6.45, 7) is 3.44. The third kappa shape index (κ3) is 3.70. The molecule has 1 atom stereocenters. The van der Waals surface area contributed by atoms with E-state index in [-0.39, 0.29) is 24.3 Å². The second-order valence-electron chi connectivity index (χ2n) is 3.85. The number of nitrogens with one attached hydrogen (secondary N) is 1. The van der Waals surface area contributed by atoms with Crippen molar-refractivity contribution in [3.05, 3.63) is 0 Å². The molecule has 1 N–H and O–H groups in total. The van der Waals surface area contributed by atoms with Gasteiger partial charge in [-0.05, 0) is 12.3 Å². The van der Waals surface area contributed by atoms with Crippen molar-refractivity contribution >= 4 is 23.4 Å². The van der Waals surface area contributed by atoms with Crippen molar-refractivity contribution < 1.29 is 9.59 Å². The van der Waals surface area contributed by atoms with Gasteiger partial charge >= 0.3 is 0 Å². The first-order valence-corrected chi connectivity index (χ1v) is 5.81. The van der Waals surface area contributed by atoms with Crippen LogP contribution in [0, 0.1) is 5.92 Å². The van der Waals surface area contributed by atoms with Gasteiger partial charge in [0.15, 0.2) is 0 Å². The normalized spacial score (nSPS) is 20.8. The van der Waals surface area contributed by atoms with Gasteiger partial charge in [-0.2, -0.15) is 0 Å². The molecule has 0 spiro atoms. The van der Waals surface area contributed by atoms with Crippen molar-refractivity contribution in [1.82, 2.24) is 10.2 Å². The second kappa shape index (κ2) is 5.95. The molecule has 1 aliphatic heterocycles. The lowest BCUT2D eigenvalue weighted by Gasteiger charge is -2.15. The van der Waals surface area contributed by atoms with Crippen LogP contribution in [0.3, 0.4) is 0 Å². The number of amides is 2. The smallest absolute Gasteiger partial charge is 0.239 e. The molecule has 0 radical (unpaired) electrons. The third-order valence-corrected chi connectivity index (χ3v) is 2.86. The van der Waals surface area contributed by atoms with Gasteiger partial charge in [-0.3, -0.25) is 9.59 Å². The van der Waals surface area contributed by atoms with Crippen molar-refractivity contribution in [2.24, 2.45) is 5.92 Å². The van der Waals surface area contributed by atoms with E-state index in [0.29, 0.717) is 25.4 Å². The Hall–Kier alpha value is -0.770. The zero-order valence-electron chi connectivity index (χ0n) is 8.96. The fourth-order valence-electron chi connectivity index (χ4n) is 1.60. The first-order chi connectivity index (χ1) is 7.17. The second-order valence-corrected chi connectivity index (χ2v) is 4.16. The van der Waals surface area contributed by atoms with E-state index in [1.807, 2.05) is 6.92 Å². The van der Waals surface area contributed by atoms with E-state index in [2.05, 4.69) is 5.32 Å². The maximum absolute atomic E-state index is 11.4. The Labute approximate surface area is 95.0 Å². The van der Waals surface area contributed by atoms with Crippen molar-refractivity contribution in [3.63, 3.8) is 0 Å². The number of alkyl halides is 1. The van der Waals surface area contributed by atoms with E-state index in [9.17, 15) is 9.59 Å². The molecule has 1 heterocycles. The molecule has 5 heteroatoms. The molecule has 15 heavy (non-hydrogen) atoms. The van der Waals surface area contributed by atoms with Crippen LogP contribution in [0.5, 0.6) is 0 Å². The van der Waals surface area contributed by atoms with Gasteiger partial charge in [-0.25, -0.2) is 0 Å². The van der Waals surface area contributed by atoms with Crippen LogP contribution in [0.1, 0.15) is 19.8 Å². The molecule has 0 aliphatic carbocycles. The van der Waals surface area contributed by atoms with Crippen molar-refractivity contribution in [2.45, 2.75) is 19.8 Å². The Morgan fingerprint density at radius 3 is 2.93 bits per heavy atom. The Balaban J connectivity index is 2.32. The summed E-state index contributed by atoms with van der Waals surface area (Å²) in [5, 5.41) is 2.75. The summed E-state index contributed by atoms with van der Waals surface area (Å²) in [5.41, 5.74) is 0. The van der Waals surface area contributed by atoms with Crippen LogP contribution in [0.25, 0.3) is 0 Å². The average molecular weight is 233 g/mol. The van der Waals surface area contributed by atoms with Gasteiger partial charge in [-0.1, -0.05) is 6.92 Å². The largest absolute Gasteiger partial charge is 0.355 e. The van der Waals surface area contributed by atoms with Gasteiger partial charge < -0.3 is 10.2 Å². The van der Waals surface area contributed by atoms with Gasteiger partial charge in [0.25, 0.3) is 0 Å². The van der Waals surface area contributed by atoms with Crippen LogP contribution in [-0.4, -0.2) is 42.2 Å². The molecular weight excluding hydrogens is 216 g/mol. The summed E-state index contributed by atoms with van der Waals surface area (Å²) >= 11 is 5.68. The number of carbonyl (C=O) groups excluding carboxylic acids is 2. The van der Waals surface area contributed by atoms with Crippen LogP contribution in [0.15, 0.2) is 0 Å². The molecule has 1 aliphatic rings. The van der Waals surface area contributed by atoms with Gasteiger partial charge in [0.1, 0.15) is 0 Å². The summed E-state index contributed by atoms with van der Waals surface area (Å²) in [6, 6.07) is 0. The van der Waals surface area contributed by atoms with Crippen LogP contribution < -0.4 is 5.32 Å². The standard InChI is InChI=1S/C10H17ClN2O2/c1-2-3-12-9(14)7-13-6-8(5-11)4-10(13)15/h8H,2-7H2,1H3,(H,12,14). The Bertz CT molecular complexity index is 246. The summed E-state index contributed by atoms with van der Waals surface area (Å²) in [5.74, 6) is 0.643. The third-order valence-electron chi connectivity index (χ3n) is 2.42. The molecular formula is C10H17ClN2O2. The Morgan fingerprint density at radius 1 is 1.67 bits per heavy atom. The average Bonchev–Trinajstić information content (AvgIpc) is 2.57. The number of rotatable bonds is 5. The molecule has 1 unspecified atom stereocenters. The maximum Gasteiger partial charge on any atom is 0.239 e. The lowest BCUT2D eigenvalue weighted by molar-refractivity contribution is -0.133. The maximum atomic E-state index is 11.4. The summed E-state index contributed by atoms with van der Waals surface area (Å²) < 4.78 is 0. The van der Waals surface area contributed by atoms with E-state index < -0.39 is 0 Å². The highest BCUT2D eigenvalue weighted by Crippen LogP contribution is 2.18. The quantitative estimate of drug-likeness (QED) is 0.706. The highest BCUT2D eigenvalue weighted by molar-refractivity contribution is 6.18. The van der Waals surface area contributed by atoms with Gasteiger partial charge in [0.05, 0.1) is 6.54 Å². The molecule has 0 bridgehead atoms. The zero-order valence-corrected chi connectivity index (χ0v) is 9.72. The van der Waals surface area contributed by atoms with E-state index >= 15 is 0 Å². The van der Waals surface area contributed by atoms with Gasteiger partial charge in [-0.15, -0.1) is 11.6 Å². The van der Waals surface area contributed by atoms with E-state index in [0.717, 1.165) is 6.42 Å². The highest BCUT2D eigenvalue weighted by Gasteiger charge is 2.29. The predicted octanol–water partition coefficient (Wildman–Crippen LogP) is 0.600. The fourth-order valence-corrected chi connectivity index (χ4v) is 1.81. The minimum absolute atomic E-state index is 0.0345. The molecule has 86 valence electrons. The van der Waals surface area contributed by atoms with E-state index in [1.54, 1.807) is 4.90 Å². The minimum Gasteiger partial charge on any atom is -0.355 e. The molecule has 0 aromatic rings. The molecule has 1 rings (SSSR count). The summed E-state index contributed by atoms with van der Waals surface area (Å²) in [4.78, 5) is 24.4. The molecule has 2 amide bonds. The van der Waals surface area contributed by atoms with Crippen LogP contribution in [0.2, 0.25) is 0 Å². The molecule has 0 aromatic heterocycles. The van der Waals surface area contributed by atoms with Crippen molar-refractivity contribution in [1.29, 1.82) is 0 Å². The first kappa shape index (κ1) is 12.3. The molecule has 0 aromatic carbocycles. The summed E-state index contributed by atoms with van der Waals surface area (Å²) in [6.07, 6.45) is 1.38. The molecule has 1 fully saturated rings. The van der Waals surface area contributed by atoms with E-state index in [1.165, 1.54) is 0 Å². The predicted molar refractivity (Wildman–Crippen MR) is 58.7 cm³/mol.